The summed E-state index contributed by atoms with van der Waals surface area (Å²) in [7, 11) is 0. The van der Waals surface area contributed by atoms with Gasteiger partial charge < -0.3 is 10.1 Å². The molecule has 0 aromatic heterocycles. The van der Waals surface area contributed by atoms with Gasteiger partial charge in [-0.1, -0.05) is 111 Å². The molecule has 0 aliphatic heterocycles. The van der Waals surface area contributed by atoms with E-state index in [9.17, 15) is 9.59 Å². The number of amides is 1. The van der Waals surface area contributed by atoms with Crippen molar-refractivity contribution in [2.24, 2.45) is 5.92 Å². The molecule has 172 valence electrons. The fraction of sp³-hybridized carbons (Fsp3) is 0.920. The lowest BCUT2D eigenvalue weighted by Gasteiger charge is -2.20. The van der Waals surface area contributed by atoms with Crippen molar-refractivity contribution in [2.45, 2.75) is 136 Å². The molecule has 0 bridgehead atoms. The van der Waals surface area contributed by atoms with Crippen molar-refractivity contribution in [2.75, 3.05) is 6.61 Å². The van der Waals surface area contributed by atoms with E-state index in [0.29, 0.717) is 13.0 Å². The van der Waals surface area contributed by atoms with Crippen LogP contribution in [0.3, 0.4) is 0 Å². The summed E-state index contributed by atoms with van der Waals surface area (Å²) in [6.07, 6.45) is 20.2. The van der Waals surface area contributed by atoms with Crippen LogP contribution in [0, 0.1) is 5.92 Å². The monoisotopic (exact) mass is 411 g/mol. The van der Waals surface area contributed by atoms with E-state index in [1.807, 2.05) is 13.8 Å². The molecule has 1 N–H and O–H groups in total. The number of nitrogens with one attached hydrogen (secondary N) is 1. The van der Waals surface area contributed by atoms with Crippen LogP contribution < -0.4 is 5.32 Å². The van der Waals surface area contributed by atoms with Crippen LogP contribution in [0.2, 0.25) is 0 Å². The van der Waals surface area contributed by atoms with E-state index in [4.69, 9.17) is 4.74 Å². The van der Waals surface area contributed by atoms with Gasteiger partial charge in [0.1, 0.15) is 6.04 Å². The van der Waals surface area contributed by atoms with Gasteiger partial charge in [-0.2, -0.15) is 0 Å². The standard InChI is InChI=1S/C25H49NO3/c1-5-7-8-9-10-11-12-13-14-15-16-17-18-19-20-21-23(27)26-24(22(3)4)25(28)29-6-2/h22,24H,5-21H2,1-4H3,(H,26,27)/t24-/m0/s1. The summed E-state index contributed by atoms with van der Waals surface area (Å²) in [5.74, 6) is -0.321. The van der Waals surface area contributed by atoms with E-state index in [1.165, 1.54) is 83.5 Å². The average molecular weight is 412 g/mol. The summed E-state index contributed by atoms with van der Waals surface area (Å²) in [6, 6.07) is -0.529. The lowest BCUT2D eigenvalue weighted by Crippen LogP contribution is -2.45. The van der Waals surface area contributed by atoms with Crippen LogP contribution >= 0.6 is 0 Å². The fourth-order valence-corrected chi connectivity index (χ4v) is 3.63. The summed E-state index contributed by atoms with van der Waals surface area (Å²) in [5.41, 5.74) is 0. The molecule has 0 unspecified atom stereocenters. The van der Waals surface area contributed by atoms with E-state index >= 15 is 0 Å². The normalized spacial score (nSPS) is 12.2. The van der Waals surface area contributed by atoms with Crippen molar-refractivity contribution >= 4 is 11.9 Å². The zero-order valence-electron chi connectivity index (χ0n) is 19.9. The lowest BCUT2D eigenvalue weighted by atomic mass is 10.0. The molecule has 0 aromatic rings. The van der Waals surface area contributed by atoms with Gasteiger partial charge in [0.05, 0.1) is 6.61 Å². The first kappa shape index (κ1) is 27.9. The first-order chi connectivity index (χ1) is 14.0. The Balaban J connectivity index is 3.49. The van der Waals surface area contributed by atoms with Crippen molar-refractivity contribution in [3.63, 3.8) is 0 Å². The second-order valence-corrected chi connectivity index (χ2v) is 8.74. The predicted octanol–water partition coefficient (Wildman–Crippen LogP) is 6.95. The van der Waals surface area contributed by atoms with E-state index in [1.54, 1.807) is 6.92 Å². The van der Waals surface area contributed by atoms with Gasteiger partial charge >= 0.3 is 5.97 Å². The van der Waals surface area contributed by atoms with Crippen LogP contribution in [0.15, 0.2) is 0 Å². The number of hydrogen-bond donors (Lipinski definition) is 1. The van der Waals surface area contributed by atoms with E-state index in [-0.39, 0.29) is 17.8 Å². The molecule has 0 fully saturated rings. The van der Waals surface area contributed by atoms with Gasteiger partial charge in [-0.25, -0.2) is 4.79 Å². The highest BCUT2D eigenvalue weighted by atomic mass is 16.5. The SMILES string of the molecule is CCCCCCCCCCCCCCCCCC(=O)N[C@H](C(=O)OCC)C(C)C. The van der Waals surface area contributed by atoms with Crippen molar-refractivity contribution in [1.29, 1.82) is 0 Å². The Kier molecular flexibility index (Phi) is 19.5. The molecular formula is C25H49NO3. The molecule has 1 atom stereocenters. The molecule has 0 rings (SSSR count). The molecule has 0 spiro atoms. The summed E-state index contributed by atoms with van der Waals surface area (Å²) in [5, 5.41) is 2.84. The van der Waals surface area contributed by atoms with Gasteiger partial charge in [0, 0.05) is 6.42 Å². The number of rotatable bonds is 20. The van der Waals surface area contributed by atoms with Crippen LogP contribution in [0.25, 0.3) is 0 Å². The van der Waals surface area contributed by atoms with Gasteiger partial charge in [0.25, 0.3) is 0 Å². The molecule has 0 aromatic carbocycles. The van der Waals surface area contributed by atoms with Crippen molar-refractivity contribution in [1.82, 2.24) is 5.32 Å². The molecule has 0 aliphatic carbocycles. The van der Waals surface area contributed by atoms with Gasteiger partial charge in [-0.15, -0.1) is 0 Å². The minimum Gasteiger partial charge on any atom is -0.464 e. The van der Waals surface area contributed by atoms with Gasteiger partial charge in [0.15, 0.2) is 0 Å². The van der Waals surface area contributed by atoms with E-state index in [0.717, 1.165) is 12.8 Å². The Morgan fingerprint density at radius 3 is 1.48 bits per heavy atom. The smallest absolute Gasteiger partial charge is 0.328 e. The first-order valence-electron chi connectivity index (χ1n) is 12.5. The predicted molar refractivity (Wildman–Crippen MR) is 123 cm³/mol. The second kappa shape index (κ2) is 20.2. The summed E-state index contributed by atoms with van der Waals surface area (Å²) in [4.78, 5) is 24.0. The number of ether oxygens (including phenoxy) is 1. The molecule has 29 heavy (non-hydrogen) atoms. The number of esters is 1. The van der Waals surface area contributed by atoms with Gasteiger partial charge in [-0.3, -0.25) is 4.79 Å². The van der Waals surface area contributed by atoms with Gasteiger partial charge in [0.2, 0.25) is 5.91 Å². The molecule has 4 nitrogen and oxygen atoms in total. The largest absolute Gasteiger partial charge is 0.464 e. The molecule has 0 aliphatic rings. The van der Waals surface area contributed by atoms with E-state index < -0.39 is 6.04 Å². The lowest BCUT2D eigenvalue weighted by molar-refractivity contribution is -0.148. The Morgan fingerprint density at radius 1 is 0.690 bits per heavy atom. The number of carbonyl (C=O) groups excluding carboxylic acids is 2. The van der Waals surface area contributed by atoms with Crippen LogP contribution in [-0.4, -0.2) is 24.5 Å². The Bertz CT molecular complexity index is 396. The maximum Gasteiger partial charge on any atom is 0.328 e. The molecule has 0 heterocycles. The maximum atomic E-state index is 12.1. The second-order valence-electron chi connectivity index (χ2n) is 8.74. The zero-order chi connectivity index (χ0) is 21.7. The number of unbranched alkanes of at least 4 members (excludes halogenated alkanes) is 14. The zero-order valence-corrected chi connectivity index (χ0v) is 19.9. The first-order valence-corrected chi connectivity index (χ1v) is 12.5. The highest BCUT2D eigenvalue weighted by Gasteiger charge is 2.24. The van der Waals surface area contributed by atoms with Crippen molar-refractivity contribution < 1.29 is 14.3 Å². The molecule has 1 amide bonds. The molecule has 4 heteroatoms. The third kappa shape index (κ3) is 17.5. The number of hydrogen-bond acceptors (Lipinski definition) is 3. The highest BCUT2D eigenvalue weighted by molar-refractivity contribution is 5.84. The minimum absolute atomic E-state index is 0.0357. The summed E-state index contributed by atoms with van der Waals surface area (Å²) < 4.78 is 5.04. The molecular weight excluding hydrogens is 362 g/mol. The van der Waals surface area contributed by atoms with E-state index in [2.05, 4.69) is 12.2 Å². The van der Waals surface area contributed by atoms with Crippen LogP contribution in [0.1, 0.15) is 130 Å². The van der Waals surface area contributed by atoms with Crippen LogP contribution in [0.4, 0.5) is 0 Å². The third-order valence-corrected chi connectivity index (χ3v) is 5.53. The van der Waals surface area contributed by atoms with Crippen LogP contribution in [-0.2, 0) is 14.3 Å². The summed E-state index contributed by atoms with van der Waals surface area (Å²) in [6.45, 7) is 8.25. The Morgan fingerprint density at radius 2 is 1.10 bits per heavy atom. The summed E-state index contributed by atoms with van der Waals surface area (Å²) >= 11 is 0. The highest BCUT2D eigenvalue weighted by Crippen LogP contribution is 2.14. The van der Waals surface area contributed by atoms with Crippen LogP contribution in [0.5, 0.6) is 0 Å². The molecule has 0 radical (unpaired) electrons. The Hall–Kier alpha value is -1.06. The minimum atomic E-state index is -0.529. The maximum absolute atomic E-state index is 12.1. The van der Waals surface area contributed by atoms with Crippen molar-refractivity contribution in [3.05, 3.63) is 0 Å². The fourth-order valence-electron chi connectivity index (χ4n) is 3.63. The Labute approximate surface area is 180 Å². The molecule has 0 saturated carbocycles. The third-order valence-electron chi connectivity index (χ3n) is 5.53. The van der Waals surface area contributed by atoms with Gasteiger partial charge in [-0.05, 0) is 19.3 Å². The topological polar surface area (TPSA) is 55.4 Å². The number of carbonyl (C=O) groups is 2. The molecule has 0 saturated heterocycles. The quantitative estimate of drug-likeness (QED) is 0.174. The van der Waals surface area contributed by atoms with Crippen molar-refractivity contribution in [3.8, 4) is 0 Å². The average Bonchev–Trinajstić information content (AvgIpc) is 2.69.